The Morgan fingerprint density at radius 2 is 2.10 bits per heavy atom. The molecule has 0 heterocycles. The van der Waals surface area contributed by atoms with Crippen LogP contribution in [0.1, 0.15) is 13.3 Å². The maximum Gasteiger partial charge on any atom is 0.292 e. The summed E-state index contributed by atoms with van der Waals surface area (Å²) in [5.41, 5.74) is 0.0277. The Bertz CT molecular complexity index is 630. The summed E-state index contributed by atoms with van der Waals surface area (Å²) in [6.07, 6.45) is 1.03. The predicted molar refractivity (Wildman–Crippen MR) is 75.1 cm³/mol. The summed E-state index contributed by atoms with van der Waals surface area (Å²) in [7, 11) is -2.11. The van der Waals surface area contributed by atoms with Crippen molar-refractivity contribution in [3.05, 3.63) is 28.3 Å². The Labute approximate surface area is 117 Å². The van der Waals surface area contributed by atoms with E-state index in [4.69, 9.17) is 0 Å². The maximum absolute atomic E-state index is 12.1. The molecule has 2 N–H and O–H groups in total. The molecule has 0 radical (unpaired) electrons. The standard InChI is InChI=1S/C12H17N3O4S/c1-8-5-9(8)7-14-20(18,19)10-3-4-12(15(16)17)11(6-10)13-2/h3-4,6,8-9,13-14H,5,7H2,1-2H3. The van der Waals surface area contributed by atoms with E-state index in [1.807, 2.05) is 0 Å². The Morgan fingerprint density at radius 3 is 2.60 bits per heavy atom. The van der Waals surface area contributed by atoms with Crippen LogP contribution >= 0.6 is 0 Å². The molecule has 0 aliphatic heterocycles. The summed E-state index contributed by atoms with van der Waals surface area (Å²) in [5, 5.41) is 13.4. The lowest BCUT2D eigenvalue weighted by atomic mass is 10.3. The first-order chi connectivity index (χ1) is 9.35. The van der Waals surface area contributed by atoms with Gasteiger partial charge in [0.15, 0.2) is 0 Å². The molecule has 0 spiro atoms. The van der Waals surface area contributed by atoms with Crippen molar-refractivity contribution in [1.29, 1.82) is 0 Å². The van der Waals surface area contributed by atoms with E-state index in [9.17, 15) is 18.5 Å². The molecular weight excluding hydrogens is 282 g/mol. The normalized spacial score (nSPS) is 21.5. The molecule has 0 saturated heterocycles. The maximum atomic E-state index is 12.1. The monoisotopic (exact) mass is 299 g/mol. The third-order valence-corrected chi connectivity index (χ3v) is 4.98. The molecule has 20 heavy (non-hydrogen) atoms. The fraction of sp³-hybridized carbons (Fsp3) is 0.500. The highest BCUT2D eigenvalue weighted by Gasteiger charge is 2.33. The molecule has 1 fully saturated rings. The van der Waals surface area contributed by atoms with E-state index in [-0.39, 0.29) is 16.3 Å². The lowest BCUT2D eigenvalue weighted by molar-refractivity contribution is -0.384. The number of benzene rings is 1. The number of rotatable bonds is 6. The number of hydrogen-bond donors (Lipinski definition) is 2. The summed E-state index contributed by atoms with van der Waals surface area (Å²) in [6, 6.07) is 3.72. The molecule has 2 rings (SSSR count). The van der Waals surface area contributed by atoms with Crippen LogP contribution in [0.3, 0.4) is 0 Å². The van der Waals surface area contributed by atoms with Crippen molar-refractivity contribution in [3.8, 4) is 0 Å². The molecule has 2 atom stereocenters. The van der Waals surface area contributed by atoms with Gasteiger partial charge in [-0.2, -0.15) is 0 Å². The van der Waals surface area contributed by atoms with Gasteiger partial charge >= 0.3 is 0 Å². The summed E-state index contributed by atoms with van der Waals surface area (Å²) in [5.74, 6) is 0.953. The number of nitro benzene ring substituents is 1. The molecule has 2 unspecified atom stereocenters. The van der Waals surface area contributed by atoms with Crippen molar-refractivity contribution in [1.82, 2.24) is 4.72 Å². The summed E-state index contributed by atoms with van der Waals surface area (Å²) < 4.78 is 26.8. The van der Waals surface area contributed by atoms with E-state index in [1.165, 1.54) is 25.2 Å². The molecule has 110 valence electrons. The number of sulfonamides is 1. The fourth-order valence-electron chi connectivity index (χ4n) is 2.03. The van der Waals surface area contributed by atoms with Crippen molar-refractivity contribution in [2.75, 3.05) is 18.9 Å². The third-order valence-electron chi connectivity index (χ3n) is 3.56. The Hall–Kier alpha value is -1.67. The number of nitrogens with one attached hydrogen (secondary N) is 2. The number of nitrogens with zero attached hydrogens (tertiary/aromatic N) is 1. The highest BCUT2D eigenvalue weighted by atomic mass is 32.2. The molecule has 8 heteroatoms. The van der Waals surface area contributed by atoms with Gasteiger partial charge in [-0.25, -0.2) is 13.1 Å². The van der Waals surface area contributed by atoms with Gasteiger partial charge in [-0.3, -0.25) is 10.1 Å². The first-order valence-electron chi connectivity index (χ1n) is 6.31. The topological polar surface area (TPSA) is 101 Å². The van der Waals surface area contributed by atoms with Crippen molar-refractivity contribution in [3.63, 3.8) is 0 Å². The van der Waals surface area contributed by atoms with Crippen LogP contribution in [0, 0.1) is 22.0 Å². The molecule has 1 aromatic carbocycles. The van der Waals surface area contributed by atoms with Crippen LogP contribution in [0.4, 0.5) is 11.4 Å². The van der Waals surface area contributed by atoms with Gasteiger partial charge in [0, 0.05) is 19.7 Å². The van der Waals surface area contributed by atoms with Crippen LogP contribution in [0.25, 0.3) is 0 Å². The van der Waals surface area contributed by atoms with Gasteiger partial charge in [0.25, 0.3) is 5.69 Å². The van der Waals surface area contributed by atoms with Gasteiger partial charge in [-0.05, 0) is 30.4 Å². The van der Waals surface area contributed by atoms with Gasteiger partial charge in [0.1, 0.15) is 5.69 Å². The Kier molecular flexibility index (Phi) is 3.96. The second kappa shape index (κ2) is 5.37. The van der Waals surface area contributed by atoms with Crippen molar-refractivity contribution < 1.29 is 13.3 Å². The lowest BCUT2D eigenvalue weighted by Crippen LogP contribution is -2.26. The van der Waals surface area contributed by atoms with Gasteiger partial charge in [-0.1, -0.05) is 6.92 Å². The van der Waals surface area contributed by atoms with E-state index in [0.29, 0.717) is 18.4 Å². The Balaban J connectivity index is 2.20. The molecule has 1 aromatic rings. The van der Waals surface area contributed by atoms with Crippen LogP contribution in [-0.4, -0.2) is 26.9 Å². The van der Waals surface area contributed by atoms with Crippen LogP contribution in [0.15, 0.2) is 23.1 Å². The fourth-order valence-corrected chi connectivity index (χ4v) is 3.15. The van der Waals surface area contributed by atoms with Crippen molar-refractivity contribution >= 4 is 21.4 Å². The summed E-state index contributed by atoms with van der Waals surface area (Å²) in [4.78, 5) is 10.3. The SMILES string of the molecule is CNc1cc(S(=O)(=O)NCC2CC2C)ccc1[N+](=O)[O-]. The minimum Gasteiger partial charge on any atom is -0.383 e. The average molecular weight is 299 g/mol. The zero-order valence-corrected chi connectivity index (χ0v) is 12.1. The molecule has 0 bridgehead atoms. The highest BCUT2D eigenvalue weighted by Crippen LogP contribution is 2.37. The predicted octanol–water partition coefficient (Wildman–Crippen LogP) is 1.57. The molecule has 0 aromatic heterocycles. The number of hydrogen-bond acceptors (Lipinski definition) is 5. The Morgan fingerprint density at radius 1 is 1.45 bits per heavy atom. The zero-order chi connectivity index (χ0) is 14.9. The summed E-state index contributed by atoms with van der Waals surface area (Å²) in [6.45, 7) is 2.49. The third kappa shape index (κ3) is 3.07. The van der Waals surface area contributed by atoms with Crippen LogP contribution in [0.2, 0.25) is 0 Å². The number of nitro groups is 1. The van der Waals surface area contributed by atoms with Crippen molar-refractivity contribution in [2.24, 2.45) is 11.8 Å². The smallest absolute Gasteiger partial charge is 0.292 e. The van der Waals surface area contributed by atoms with Gasteiger partial charge in [0.2, 0.25) is 10.0 Å². The van der Waals surface area contributed by atoms with Crippen molar-refractivity contribution in [2.45, 2.75) is 18.2 Å². The second-order valence-corrected chi connectivity index (χ2v) is 6.78. The van der Waals surface area contributed by atoms with Gasteiger partial charge in [0.05, 0.1) is 9.82 Å². The van der Waals surface area contributed by atoms with Crippen LogP contribution < -0.4 is 10.0 Å². The minimum absolute atomic E-state index is 0.0285. The minimum atomic E-state index is -3.63. The number of anilines is 1. The largest absolute Gasteiger partial charge is 0.383 e. The zero-order valence-electron chi connectivity index (χ0n) is 11.3. The summed E-state index contributed by atoms with van der Waals surface area (Å²) >= 11 is 0. The van der Waals surface area contributed by atoms with Gasteiger partial charge in [-0.15, -0.1) is 0 Å². The molecule has 1 aliphatic carbocycles. The van der Waals surface area contributed by atoms with Gasteiger partial charge < -0.3 is 5.32 Å². The molecule has 1 saturated carbocycles. The van der Waals surface area contributed by atoms with E-state index in [2.05, 4.69) is 17.0 Å². The van der Waals surface area contributed by atoms with E-state index in [0.717, 1.165) is 6.42 Å². The average Bonchev–Trinajstić information content (AvgIpc) is 3.11. The first-order valence-corrected chi connectivity index (χ1v) is 7.79. The van der Waals surface area contributed by atoms with Crippen LogP contribution in [0.5, 0.6) is 0 Å². The van der Waals surface area contributed by atoms with Crippen LogP contribution in [-0.2, 0) is 10.0 Å². The molecular formula is C12H17N3O4S. The first kappa shape index (κ1) is 14.7. The van der Waals surface area contributed by atoms with E-state index >= 15 is 0 Å². The quantitative estimate of drug-likeness (QED) is 0.613. The van der Waals surface area contributed by atoms with E-state index < -0.39 is 14.9 Å². The highest BCUT2D eigenvalue weighted by molar-refractivity contribution is 7.89. The second-order valence-electron chi connectivity index (χ2n) is 5.01. The molecule has 0 amide bonds. The lowest BCUT2D eigenvalue weighted by Gasteiger charge is -2.08. The molecule has 7 nitrogen and oxygen atoms in total. The molecule has 1 aliphatic rings. The van der Waals surface area contributed by atoms with E-state index in [1.54, 1.807) is 0 Å².